The SMILES string of the molecule is O=C(O)CN1CCC(NC(=O)CCc2ccccc2)C1. The zero-order valence-corrected chi connectivity index (χ0v) is 11.4. The number of aryl methyl sites for hydroxylation is 1. The lowest BCUT2D eigenvalue weighted by Gasteiger charge is -2.14. The summed E-state index contributed by atoms with van der Waals surface area (Å²) in [6, 6.07) is 9.99. The normalized spacial score (nSPS) is 18.9. The molecule has 1 aliphatic heterocycles. The second-order valence-electron chi connectivity index (χ2n) is 5.17. The molecule has 20 heavy (non-hydrogen) atoms. The van der Waals surface area contributed by atoms with Crippen LogP contribution in [-0.4, -0.2) is 47.6 Å². The average molecular weight is 276 g/mol. The summed E-state index contributed by atoms with van der Waals surface area (Å²) >= 11 is 0. The predicted octanol–water partition coefficient (Wildman–Crippen LogP) is 0.894. The highest BCUT2D eigenvalue weighted by atomic mass is 16.4. The summed E-state index contributed by atoms with van der Waals surface area (Å²) < 4.78 is 0. The van der Waals surface area contributed by atoms with Crippen molar-refractivity contribution in [2.24, 2.45) is 0 Å². The monoisotopic (exact) mass is 276 g/mol. The molecule has 2 N–H and O–H groups in total. The van der Waals surface area contributed by atoms with Gasteiger partial charge in [-0.2, -0.15) is 0 Å². The van der Waals surface area contributed by atoms with Crippen LogP contribution in [0.25, 0.3) is 0 Å². The Balaban J connectivity index is 1.69. The molecule has 108 valence electrons. The fourth-order valence-electron chi connectivity index (χ4n) is 2.49. The van der Waals surface area contributed by atoms with Gasteiger partial charge >= 0.3 is 5.97 Å². The maximum atomic E-state index is 11.9. The highest BCUT2D eigenvalue weighted by molar-refractivity contribution is 5.76. The summed E-state index contributed by atoms with van der Waals surface area (Å²) in [5, 5.41) is 11.7. The van der Waals surface area contributed by atoms with Gasteiger partial charge in [-0.15, -0.1) is 0 Å². The second-order valence-corrected chi connectivity index (χ2v) is 5.17. The number of benzene rings is 1. The van der Waals surface area contributed by atoms with E-state index in [-0.39, 0.29) is 18.5 Å². The van der Waals surface area contributed by atoms with Crippen molar-refractivity contribution in [3.05, 3.63) is 35.9 Å². The number of nitrogens with zero attached hydrogens (tertiary/aromatic N) is 1. The molecule has 2 rings (SSSR count). The minimum Gasteiger partial charge on any atom is -0.480 e. The van der Waals surface area contributed by atoms with Crippen molar-refractivity contribution in [3.63, 3.8) is 0 Å². The van der Waals surface area contributed by atoms with Crippen LogP contribution >= 0.6 is 0 Å². The first-order valence-corrected chi connectivity index (χ1v) is 6.91. The maximum Gasteiger partial charge on any atom is 0.317 e. The smallest absolute Gasteiger partial charge is 0.317 e. The first-order valence-electron chi connectivity index (χ1n) is 6.91. The summed E-state index contributed by atoms with van der Waals surface area (Å²) in [6.07, 6.45) is 2.03. The highest BCUT2D eigenvalue weighted by Crippen LogP contribution is 2.09. The number of aliphatic carboxylic acids is 1. The summed E-state index contributed by atoms with van der Waals surface area (Å²) in [7, 11) is 0. The van der Waals surface area contributed by atoms with Gasteiger partial charge in [0.25, 0.3) is 0 Å². The molecule has 1 amide bonds. The van der Waals surface area contributed by atoms with E-state index in [1.165, 1.54) is 0 Å². The van der Waals surface area contributed by atoms with Gasteiger partial charge in [-0.25, -0.2) is 0 Å². The van der Waals surface area contributed by atoms with Gasteiger partial charge in [0.2, 0.25) is 5.91 Å². The van der Waals surface area contributed by atoms with Gasteiger partial charge in [-0.05, 0) is 18.4 Å². The maximum absolute atomic E-state index is 11.9. The van der Waals surface area contributed by atoms with E-state index in [0.29, 0.717) is 13.0 Å². The van der Waals surface area contributed by atoms with Gasteiger partial charge in [0.1, 0.15) is 0 Å². The molecule has 1 atom stereocenters. The molecule has 5 nitrogen and oxygen atoms in total. The van der Waals surface area contributed by atoms with Crippen LogP contribution in [0.4, 0.5) is 0 Å². The van der Waals surface area contributed by atoms with Gasteiger partial charge in [0.15, 0.2) is 0 Å². The Morgan fingerprint density at radius 2 is 2.05 bits per heavy atom. The number of carboxylic acids is 1. The van der Waals surface area contributed by atoms with E-state index in [9.17, 15) is 9.59 Å². The Bertz CT molecular complexity index is 461. The van der Waals surface area contributed by atoms with E-state index >= 15 is 0 Å². The van der Waals surface area contributed by atoms with Gasteiger partial charge in [0, 0.05) is 25.6 Å². The minimum absolute atomic E-state index is 0.0380. The zero-order valence-electron chi connectivity index (χ0n) is 11.4. The van der Waals surface area contributed by atoms with E-state index in [4.69, 9.17) is 5.11 Å². The van der Waals surface area contributed by atoms with Crippen molar-refractivity contribution in [2.45, 2.75) is 25.3 Å². The molecule has 0 saturated carbocycles. The number of carboxylic acid groups (broad SMARTS) is 1. The van der Waals surface area contributed by atoms with Crippen LogP contribution in [0.3, 0.4) is 0 Å². The fourth-order valence-corrected chi connectivity index (χ4v) is 2.49. The van der Waals surface area contributed by atoms with Crippen molar-refractivity contribution in [2.75, 3.05) is 19.6 Å². The van der Waals surface area contributed by atoms with Crippen LogP contribution in [0.15, 0.2) is 30.3 Å². The lowest BCUT2D eigenvalue weighted by atomic mass is 10.1. The van der Waals surface area contributed by atoms with Crippen LogP contribution in [0.1, 0.15) is 18.4 Å². The third-order valence-electron chi connectivity index (χ3n) is 3.48. The van der Waals surface area contributed by atoms with Crippen LogP contribution < -0.4 is 5.32 Å². The summed E-state index contributed by atoms with van der Waals surface area (Å²) in [5.41, 5.74) is 1.15. The van der Waals surface area contributed by atoms with Crippen LogP contribution in [0.5, 0.6) is 0 Å². The lowest BCUT2D eigenvalue weighted by Crippen LogP contribution is -2.38. The predicted molar refractivity (Wildman–Crippen MR) is 75.4 cm³/mol. The summed E-state index contributed by atoms with van der Waals surface area (Å²) in [4.78, 5) is 24.3. The quantitative estimate of drug-likeness (QED) is 0.810. The van der Waals surface area contributed by atoms with Gasteiger partial charge in [0.05, 0.1) is 6.54 Å². The average Bonchev–Trinajstić information content (AvgIpc) is 2.84. The Morgan fingerprint density at radius 1 is 1.30 bits per heavy atom. The van der Waals surface area contributed by atoms with Crippen molar-refractivity contribution in [1.29, 1.82) is 0 Å². The Labute approximate surface area is 118 Å². The second kappa shape index (κ2) is 7.05. The largest absolute Gasteiger partial charge is 0.480 e. The number of amides is 1. The number of rotatable bonds is 6. The molecule has 0 spiro atoms. The van der Waals surface area contributed by atoms with Crippen molar-refractivity contribution < 1.29 is 14.7 Å². The van der Waals surface area contributed by atoms with E-state index < -0.39 is 5.97 Å². The lowest BCUT2D eigenvalue weighted by molar-refractivity contribution is -0.138. The van der Waals surface area contributed by atoms with Gasteiger partial charge in [-0.3, -0.25) is 14.5 Å². The highest BCUT2D eigenvalue weighted by Gasteiger charge is 2.24. The molecule has 0 radical (unpaired) electrons. The Morgan fingerprint density at radius 3 is 2.75 bits per heavy atom. The van der Waals surface area contributed by atoms with Gasteiger partial charge < -0.3 is 10.4 Å². The Hall–Kier alpha value is -1.88. The van der Waals surface area contributed by atoms with Crippen molar-refractivity contribution >= 4 is 11.9 Å². The minimum atomic E-state index is -0.818. The molecular formula is C15H20N2O3. The molecule has 0 aliphatic carbocycles. The molecular weight excluding hydrogens is 256 g/mol. The topological polar surface area (TPSA) is 69.6 Å². The number of hydrogen-bond acceptors (Lipinski definition) is 3. The molecule has 1 aromatic carbocycles. The molecule has 0 bridgehead atoms. The van der Waals surface area contributed by atoms with E-state index in [1.54, 1.807) is 0 Å². The summed E-state index contributed by atoms with van der Waals surface area (Å²) in [5.74, 6) is -0.780. The van der Waals surface area contributed by atoms with Crippen LogP contribution in [0.2, 0.25) is 0 Å². The summed E-state index contributed by atoms with van der Waals surface area (Å²) in [6.45, 7) is 1.41. The molecule has 5 heteroatoms. The molecule has 1 unspecified atom stereocenters. The van der Waals surface area contributed by atoms with Crippen molar-refractivity contribution in [3.8, 4) is 0 Å². The molecule has 1 aromatic rings. The van der Waals surface area contributed by atoms with Gasteiger partial charge in [-0.1, -0.05) is 30.3 Å². The number of nitrogens with one attached hydrogen (secondary N) is 1. The zero-order chi connectivity index (χ0) is 14.4. The first-order chi connectivity index (χ1) is 9.63. The first kappa shape index (κ1) is 14.5. The third kappa shape index (κ3) is 4.66. The Kier molecular flexibility index (Phi) is 5.12. The van der Waals surface area contributed by atoms with Crippen LogP contribution in [0, 0.1) is 0 Å². The number of hydrogen-bond donors (Lipinski definition) is 2. The number of likely N-dealkylation sites (tertiary alicyclic amines) is 1. The number of carbonyl (C=O) groups is 2. The molecule has 1 heterocycles. The standard InChI is InChI=1S/C15H20N2O3/c18-14(7-6-12-4-2-1-3-5-12)16-13-8-9-17(10-13)11-15(19)20/h1-5,13H,6-11H2,(H,16,18)(H,19,20). The fraction of sp³-hybridized carbons (Fsp3) is 0.467. The third-order valence-corrected chi connectivity index (χ3v) is 3.48. The van der Waals surface area contributed by atoms with Crippen LogP contribution in [-0.2, 0) is 16.0 Å². The van der Waals surface area contributed by atoms with E-state index in [1.807, 2.05) is 35.2 Å². The molecule has 0 aromatic heterocycles. The van der Waals surface area contributed by atoms with Crippen molar-refractivity contribution in [1.82, 2.24) is 10.2 Å². The van der Waals surface area contributed by atoms with E-state index in [0.717, 1.165) is 24.9 Å². The molecule has 1 aliphatic rings. The molecule has 1 saturated heterocycles. The number of carbonyl (C=O) groups excluding carboxylic acids is 1. The molecule has 1 fully saturated rings. The van der Waals surface area contributed by atoms with E-state index in [2.05, 4.69) is 5.32 Å².